The highest BCUT2D eigenvalue weighted by atomic mass is 32.1. The zero-order chi connectivity index (χ0) is 14.0. The first kappa shape index (κ1) is 14.3. The summed E-state index contributed by atoms with van der Waals surface area (Å²) in [4.78, 5) is 25.7. The average Bonchev–Trinajstić information content (AvgIpc) is 2.85. The Kier molecular flexibility index (Phi) is 4.09. The molecule has 0 saturated heterocycles. The first-order valence-corrected chi connectivity index (χ1v) is 7.56. The van der Waals surface area contributed by atoms with Crippen LogP contribution in [0.1, 0.15) is 58.6 Å². The van der Waals surface area contributed by atoms with E-state index in [1.807, 2.05) is 19.9 Å². The van der Waals surface area contributed by atoms with Crippen molar-refractivity contribution in [3.05, 3.63) is 21.4 Å². The van der Waals surface area contributed by atoms with Gasteiger partial charge in [0, 0.05) is 21.7 Å². The normalized spacial score (nSPS) is 17.6. The Morgan fingerprint density at radius 1 is 1.26 bits per heavy atom. The molecule has 4 heteroatoms. The highest BCUT2D eigenvalue weighted by Gasteiger charge is 2.38. The molecule has 0 amide bonds. The van der Waals surface area contributed by atoms with Crippen LogP contribution in [-0.4, -0.2) is 16.9 Å². The summed E-state index contributed by atoms with van der Waals surface area (Å²) in [5.74, 6) is -0.669. The molecule has 1 aromatic rings. The van der Waals surface area contributed by atoms with Gasteiger partial charge in [-0.2, -0.15) is 0 Å². The van der Waals surface area contributed by atoms with Crippen molar-refractivity contribution in [3.8, 4) is 0 Å². The molecule has 1 saturated carbocycles. The Labute approximate surface area is 117 Å². The van der Waals surface area contributed by atoms with Gasteiger partial charge >= 0.3 is 5.97 Å². The molecule has 0 bridgehead atoms. The van der Waals surface area contributed by atoms with E-state index >= 15 is 0 Å². The van der Waals surface area contributed by atoms with Gasteiger partial charge in [-0.1, -0.05) is 12.8 Å². The number of Topliss-reactive ketones (excluding diaryl/α,β-unsaturated/α-hetero) is 1. The molecule has 1 aliphatic carbocycles. The molecule has 2 rings (SSSR count). The minimum Gasteiger partial charge on any atom is -0.481 e. The number of carboxylic acid groups (broad SMARTS) is 1. The van der Waals surface area contributed by atoms with E-state index in [0.29, 0.717) is 6.42 Å². The van der Waals surface area contributed by atoms with Gasteiger partial charge < -0.3 is 5.11 Å². The molecule has 0 atom stereocenters. The van der Waals surface area contributed by atoms with E-state index in [0.717, 1.165) is 41.0 Å². The molecule has 0 aliphatic heterocycles. The van der Waals surface area contributed by atoms with Gasteiger partial charge in [0.1, 0.15) is 0 Å². The molecule has 0 spiro atoms. The van der Waals surface area contributed by atoms with Gasteiger partial charge in [-0.25, -0.2) is 0 Å². The maximum atomic E-state index is 12.4. The summed E-state index contributed by atoms with van der Waals surface area (Å²) < 4.78 is 0. The molecule has 3 nitrogen and oxygen atoms in total. The summed E-state index contributed by atoms with van der Waals surface area (Å²) in [6.07, 6.45) is 4.34. The molecule has 1 N–H and O–H groups in total. The standard InChI is InChI=1S/C15H20O3S/c1-10-7-12(11(2)19-10)13(16)8-15(9-14(17)18)5-3-4-6-15/h7H,3-6,8-9H2,1-2H3,(H,17,18). The predicted molar refractivity (Wildman–Crippen MR) is 75.9 cm³/mol. The number of rotatable bonds is 5. The number of aryl methyl sites for hydroxylation is 2. The van der Waals surface area contributed by atoms with Gasteiger partial charge in [0.15, 0.2) is 5.78 Å². The quantitative estimate of drug-likeness (QED) is 0.830. The Morgan fingerprint density at radius 2 is 1.89 bits per heavy atom. The predicted octanol–water partition coefficient (Wildman–Crippen LogP) is 3.97. The molecular formula is C15H20O3S. The van der Waals surface area contributed by atoms with Crippen molar-refractivity contribution < 1.29 is 14.7 Å². The Morgan fingerprint density at radius 3 is 2.37 bits per heavy atom. The van der Waals surface area contributed by atoms with Crippen LogP contribution < -0.4 is 0 Å². The third-order valence-corrected chi connectivity index (χ3v) is 5.03. The number of hydrogen-bond donors (Lipinski definition) is 1. The SMILES string of the molecule is Cc1cc(C(=O)CC2(CC(=O)O)CCCC2)c(C)s1. The van der Waals surface area contributed by atoms with Crippen molar-refractivity contribution in [3.63, 3.8) is 0 Å². The van der Waals surface area contributed by atoms with Crippen LogP contribution in [0.5, 0.6) is 0 Å². The second kappa shape index (κ2) is 5.45. The summed E-state index contributed by atoms with van der Waals surface area (Å²) in [5.41, 5.74) is 0.490. The van der Waals surface area contributed by atoms with Gasteiger partial charge in [-0.05, 0) is 38.2 Å². The van der Waals surface area contributed by atoms with Crippen molar-refractivity contribution >= 4 is 23.1 Å². The molecule has 1 aliphatic rings. The van der Waals surface area contributed by atoms with Crippen molar-refractivity contribution in [2.75, 3.05) is 0 Å². The van der Waals surface area contributed by atoms with E-state index < -0.39 is 5.97 Å². The summed E-state index contributed by atoms with van der Waals surface area (Å²) in [6.45, 7) is 3.96. The van der Waals surface area contributed by atoms with Crippen LogP contribution in [-0.2, 0) is 4.79 Å². The minimum atomic E-state index is -0.784. The summed E-state index contributed by atoms with van der Waals surface area (Å²) in [6, 6.07) is 1.94. The van der Waals surface area contributed by atoms with Crippen molar-refractivity contribution in [2.24, 2.45) is 5.41 Å². The number of carboxylic acids is 1. The van der Waals surface area contributed by atoms with Crippen LogP contribution in [0.3, 0.4) is 0 Å². The third kappa shape index (κ3) is 3.24. The minimum absolute atomic E-state index is 0.116. The Hall–Kier alpha value is -1.16. The number of carbonyl (C=O) groups is 2. The first-order chi connectivity index (χ1) is 8.92. The lowest BCUT2D eigenvalue weighted by Gasteiger charge is -2.26. The lowest BCUT2D eigenvalue weighted by atomic mass is 9.77. The van der Waals surface area contributed by atoms with E-state index in [4.69, 9.17) is 5.11 Å². The Balaban J connectivity index is 2.15. The molecule has 0 aromatic carbocycles. The molecule has 1 heterocycles. The summed E-state index contributed by atoms with van der Waals surface area (Å²) in [7, 11) is 0. The van der Waals surface area contributed by atoms with Crippen molar-refractivity contribution in [2.45, 2.75) is 52.4 Å². The van der Waals surface area contributed by atoms with E-state index in [1.165, 1.54) is 0 Å². The molecule has 0 unspecified atom stereocenters. The van der Waals surface area contributed by atoms with Gasteiger partial charge in [0.2, 0.25) is 0 Å². The van der Waals surface area contributed by atoms with Crippen molar-refractivity contribution in [1.29, 1.82) is 0 Å². The number of ketones is 1. The van der Waals surface area contributed by atoms with E-state index in [1.54, 1.807) is 11.3 Å². The second-order valence-corrected chi connectivity index (χ2v) is 7.16. The lowest BCUT2D eigenvalue weighted by Crippen LogP contribution is -2.24. The van der Waals surface area contributed by atoms with Crippen LogP contribution in [0.4, 0.5) is 0 Å². The van der Waals surface area contributed by atoms with E-state index in [2.05, 4.69) is 0 Å². The average molecular weight is 280 g/mol. The second-order valence-electron chi connectivity index (χ2n) is 5.70. The molecular weight excluding hydrogens is 260 g/mol. The topological polar surface area (TPSA) is 54.4 Å². The van der Waals surface area contributed by atoms with Crippen LogP contribution >= 0.6 is 11.3 Å². The first-order valence-electron chi connectivity index (χ1n) is 6.74. The van der Waals surface area contributed by atoms with Gasteiger partial charge in [-0.3, -0.25) is 9.59 Å². The third-order valence-electron chi connectivity index (χ3n) is 4.07. The van der Waals surface area contributed by atoms with Crippen LogP contribution in [0.25, 0.3) is 0 Å². The molecule has 1 aromatic heterocycles. The number of thiophene rings is 1. The van der Waals surface area contributed by atoms with Crippen LogP contribution in [0.2, 0.25) is 0 Å². The van der Waals surface area contributed by atoms with Gasteiger partial charge in [0.05, 0.1) is 6.42 Å². The lowest BCUT2D eigenvalue weighted by molar-refractivity contribution is -0.139. The molecule has 1 fully saturated rings. The molecule has 19 heavy (non-hydrogen) atoms. The van der Waals surface area contributed by atoms with E-state index in [9.17, 15) is 9.59 Å². The fourth-order valence-corrected chi connectivity index (χ4v) is 4.15. The van der Waals surface area contributed by atoms with Gasteiger partial charge in [-0.15, -0.1) is 11.3 Å². The fraction of sp³-hybridized carbons (Fsp3) is 0.600. The highest BCUT2D eigenvalue weighted by molar-refractivity contribution is 7.12. The Bertz CT molecular complexity index is 495. The largest absolute Gasteiger partial charge is 0.481 e. The smallest absolute Gasteiger partial charge is 0.303 e. The molecule has 0 radical (unpaired) electrons. The zero-order valence-corrected chi connectivity index (χ0v) is 12.3. The van der Waals surface area contributed by atoms with Crippen LogP contribution in [0, 0.1) is 19.3 Å². The monoisotopic (exact) mass is 280 g/mol. The zero-order valence-electron chi connectivity index (χ0n) is 11.5. The number of hydrogen-bond acceptors (Lipinski definition) is 3. The fourth-order valence-electron chi connectivity index (χ4n) is 3.21. The number of carbonyl (C=O) groups excluding carboxylic acids is 1. The highest BCUT2D eigenvalue weighted by Crippen LogP contribution is 2.45. The van der Waals surface area contributed by atoms with Crippen LogP contribution in [0.15, 0.2) is 6.07 Å². The molecule has 104 valence electrons. The summed E-state index contributed by atoms with van der Waals surface area (Å²) >= 11 is 1.63. The van der Waals surface area contributed by atoms with Crippen molar-refractivity contribution in [1.82, 2.24) is 0 Å². The summed E-state index contributed by atoms with van der Waals surface area (Å²) in [5, 5.41) is 9.07. The number of aliphatic carboxylic acids is 1. The van der Waals surface area contributed by atoms with Gasteiger partial charge in [0.25, 0.3) is 0 Å². The maximum Gasteiger partial charge on any atom is 0.303 e. The maximum absolute atomic E-state index is 12.4. The van der Waals surface area contributed by atoms with E-state index in [-0.39, 0.29) is 17.6 Å².